The van der Waals surface area contributed by atoms with Crippen molar-refractivity contribution in [2.45, 2.75) is 0 Å². The van der Waals surface area contributed by atoms with Crippen LogP contribution in [0.25, 0.3) is 0 Å². The van der Waals surface area contributed by atoms with Crippen LogP contribution in [-0.2, 0) is 0 Å². The molecule has 5 heteroatoms. The van der Waals surface area contributed by atoms with E-state index in [9.17, 15) is 9.90 Å². The molecule has 2 rings (SSSR count). The van der Waals surface area contributed by atoms with Crippen molar-refractivity contribution in [1.29, 1.82) is 0 Å². The number of hydrogen-bond acceptors (Lipinski definition) is 3. The number of aromatic hydroxyl groups is 1. The number of hydrogen-bond donors (Lipinski definition) is 2. The minimum Gasteiger partial charge on any atom is -0.507 e. The first kappa shape index (κ1) is 13.3. The number of nitrogens with zero attached hydrogens (tertiary/aromatic N) is 1. The van der Waals surface area contributed by atoms with Crippen molar-refractivity contribution in [3.63, 3.8) is 0 Å². The van der Waals surface area contributed by atoms with Crippen molar-refractivity contribution in [1.82, 2.24) is 0 Å². The average Bonchev–Trinajstić information content (AvgIpc) is 2.37. The van der Waals surface area contributed by atoms with E-state index in [0.717, 1.165) is 10.0 Å². The van der Waals surface area contributed by atoms with Crippen LogP contribution in [-0.4, -0.2) is 22.4 Å². The first-order valence-electron chi connectivity index (χ1n) is 5.42. The van der Waals surface area contributed by atoms with Gasteiger partial charge >= 0.3 is 5.97 Å². The lowest BCUT2D eigenvalue weighted by Gasteiger charge is -2.00. The molecule has 0 bridgehead atoms. The van der Waals surface area contributed by atoms with Gasteiger partial charge in [-0.05, 0) is 29.8 Å². The van der Waals surface area contributed by atoms with Crippen molar-refractivity contribution < 1.29 is 15.0 Å². The van der Waals surface area contributed by atoms with Gasteiger partial charge in [0.05, 0.1) is 5.69 Å². The molecule has 0 aliphatic rings. The Labute approximate surface area is 118 Å². The van der Waals surface area contributed by atoms with Crippen molar-refractivity contribution in [2.24, 2.45) is 4.99 Å². The molecule has 0 radical (unpaired) electrons. The molecule has 0 spiro atoms. The molecule has 0 aliphatic carbocycles. The van der Waals surface area contributed by atoms with Gasteiger partial charge in [-0.1, -0.05) is 28.1 Å². The van der Waals surface area contributed by atoms with Crippen LogP contribution in [0.3, 0.4) is 0 Å². The zero-order chi connectivity index (χ0) is 13.8. The quantitative estimate of drug-likeness (QED) is 0.849. The Bertz CT molecular complexity index is 636. The summed E-state index contributed by atoms with van der Waals surface area (Å²) in [7, 11) is 0. The maximum absolute atomic E-state index is 10.7. The highest BCUT2D eigenvalue weighted by molar-refractivity contribution is 9.10. The van der Waals surface area contributed by atoms with E-state index in [0.29, 0.717) is 5.69 Å². The molecule has 0 atom stereocenters. The number of carboxylic acids is 1. The third kappa shape index (κ3) is 3.42. The molecule has 2 aromatic carbocycles. The monoisotopic (exact) mass is 319 g/mol. The van der Waals surface area contributed by atoms with E-state index in [1.54, 1.807) is 12.3 Å². The molecular formula is C14H10BrNO3. The van der Waals surface area contributed by atoms with Crippen LogP contribution in [0.5, 0.6) is 5.75 Å². The smallest absolute Gasteiger partial charge is 0.339 e. The molecule has 2 N–H and O–H groups in total. The number of carboxylic acid groups (broad SMARTS) is 1. The highest BCUT2D eigenvalue weighted by Gasteiger charge is 2.08. The highest BCUT2D eigenvalue weighted by Crippen LogP contribution is 2.23. The van der Waals surface area contributed by atoms with Gasteiger partial charge in [-0.2, -0.15) is 0 Å². The molecule has 96 valence electrons. The number of benzene rings is 2. The standard InChI is InChI=1S/C14H10BrNO3/c15-10-3-1-9(2-4-10)8-16-11-5-6-12(14(18)19)13(17)7-11/h1-8,17H,(H,18,19). The van der Waals surface area contributed by atoms with Crippen LogP contribution in [0.2, 0.25) is 0 Å². The molecule has 0 fully saturated rings. The van der Waals surface area contributed by atoms with Crippen molar-refractivity contribution in [2.75, 3.05) is 0 Å². The van der Waals surface area contributed by atoms with Crippen molar-refractivity contribution in [3.8, 4) is 5.75 Å². The second-order valence-electron chi connectivity index (χ2n) is 3.82. The summed E-state index contributed by atoms with van der Waals surface area (Å²) < 4.78 is 0.980. The summed E-state index contributed by atoms with van der Waals surface area (Å²) in [6.07, 6.45) is 1.64. The number of halogens is 1. The lowest BCUT2D eigenvalue weighted by atomic mass is 10.2. The van der Waals surface area contributed by atoms with E-state index < -0.39 is 5.97 Å². The van der Waals surface area contributed by atoms with Gasteiger partial charge in [0.1, 0.15) is 11.3 Å². The fraction of sp³-hybridized carbons (Fsp3) is 0. The zero-order valence-corrected chi connectivity index (χ0v) is 11.3. The van der Waals surface area contributed by atoms with Crippen LogP contribution >= 0.6 is 15.9 Å². The van der Waals surface area contributed by atoms with Gasteiger partial charge in [0, 0.05) is 16.8 Å². The van der Waals surface area contributed by atoms with Gasteiger partial charge in [-0.3, -0.25) is 4.99 Å². The minimum absolute atomic E-state index is 0.136. The molecule has 19 heavy (non-hydrogen) atoms. The number of rotatable bonds is 3. The molecule has 0 saturated carbocycles. The Morgan fingerprint density at radius 1 is 1.16 bits per heavy atom. The summed E-state index contributed by atoms with van der Waals surface area (Å²) in [5, 5.41) is 18.3. The second-order valence-corrected chi connectivity index (χ2v) is 4.73. The Morgan fingerprint density at radius 2 is 1.84 bits per heavy atom. The van der Waals surface area contributed by atoms with E-state index in [-0.39, 0.29) is 11.3 Å². The minimum atomic E-state index is -1.17. The summed E-state index contributed by atoms with van der Waals surface area (Å²) in [4.78, 5) is 14.9. The van der Waals surface area contributed by atoms with Gasteiger partial charge in [-0.15, -0.1) is 0 Å². The van der Waals surface area contributed by atoms with Crippen molar-refractivity contribution in [3.05, 3.63) is 58.1 Å². The van der Waals surface area contributed by atoms with Crippen molar-refractivity contribution >= 4 is 33.8 Å². The number of carbonyl (C=O) groups is 1. The maximum Gasteiger partial charge on any atom is 0.339 e. The Kier molecular flexibility index (Phi) is 3.97. The topological polar surface area (TPSA) is 69.9 Å². The molecular weight excluding hydrogens is 310 g/mol. The number of aromatic carboxylic acids is 1. The summed E-state index contributed by atoms with van der Waals surface area (Å²) in [6.45, 7) is 0. The van der Waals surface area contributed by atoms with Crippen LogP contribution in [0.1, 0.15) is 15.9 Å². The molecule has 0 heterocycles. The van der Waals surface area contributed by atoms with E-state index in [1.165, 1.54) is 12.1 Å². The first-order valence-corrected chi connectivity index (χ1v) is 6.21. The molecule has 4 nitrogen and oxygen atoms in total. The van der Waals surface area contributed by atoms with Gasteiger partial charge < -0.3 is 10.2 Å². The second kappa shape index (κ2) is 5.67. The fourth-order valence-corrected chi connectivity index (χ4v) is 1.74. The van der Waals surface area contributed by atoms with E-state index >= 15 is 0 Å². The zero-order valence-electron chi connectivity index (χ0n) is 9.75. The Morgan fingerprint density at radius 3 is 2.42 bits per heavy atom. The molecule has 0 saturated heterocycles. The molecule has 2 aromatic rings. The predicted octanol–water partition coefficient (Wildman–Crippen LogP) is 3.60. The van der Waals surface area contributed by atoms with Crippen LogP contribution < -0.4 is 0 Å². The van der Waals surface area contributed by atoms with Gasteiger partial charge in [0.25, 0.3) is 0 Å². The summed E-state index contributed by atoms with van der Waals surface area (Å²) >= 11 is 3.34. The Balaban J connectivity index is 2.22. The molecule has 0 amide bonds. The van der Waals surface area contributed by atoms with Gasteiger partial charge in [0.15, 0.2) is 0 Å². The third-order valence-corrected chi connectivity index (χ3v) is 2.97. The summed E-state index contributed by atoms with van der Waals surface area (Å²) in [6, 6.07) is 11.8. The largest absolute Gasteiger partial charge is 0.507 e. The van der Waals surface area contributed by atoms with Gasteiger partial charge in [0.2, 0.25) is 0 Å². The van der Waals surface area contributed by atoms with Crippen LogP contribution in [0.4, 0.5) is 5.69 Å². The van der Waals surface area contributed by atoms with E-state index in [2.05, 4.69) is 20.9 Å². The van der Waals surface area contributed by atoms with E-state index in [1.807, 2.05) is 24.3 Å². The highest BCUT2D eigenvalue weighted by atomic mass is 79.9. The predicted molar refractivity (Wildman–Crippen MR) is 76.5 cm³/mol. The van der Waals surface area contributed by atoms with E-state index in [4.69, 9.17) is 5.11 Å². The van der Waals surface area contributed by atoms with Crippen LogP contribution in [0, 0.1) is 0 Å². The van der Waals surface area contributed by atoms with Crippen LogP contribution in [0.15, 0.2) is 51.9 Å². The Hall–Kier alpha value is -2.14. The van der Waals surface area contributed by atoms with Gasteiger partial charge in [-0.25, -0.2) is 4.79 Å². The molecule has 0 aliphatic heterocycles. The molecule has 0 aromatic heterocycles. The normalized spacial score (nSPS) is 10.8. The first-order chi connectivity index (χ1) is 9.06. The third-order valence-electron chi connectivity index (χ3n) is 2.44. The summed E-state index contributed by atoms with van der Waals surface area (Å²) in [5.74, 6) is -1.46. The number of aliphatic imine (C=N–C) groups is 1. The average molecular weight is 320 g/mol. The summed E-state index contributed by atoms with van der Waals surface area (Å²) in [5.41, 5.74) is 1.26. The fourth-order valence-electron chi connectivity index (χ4n) is 1.48. The number of phenols is 1. The lowest BCUT2D eigenvalue weighted by molar-refractivity contribution is 0.0694. The lowest BCUT2D eigenvalue weighted by Crippen LogP contribution is -1.95. The molecule has 0 unspecified atom stereocenters. The SMILES string of the molecule is O=C(O)c1ccc(N=Cc2ccc(Br)cc2)cc1O. The maximum atomic E-state index is 10.7.